The van der Waals surface area contributed by atoms with Crippen LogP contribution in [0.25, 0.3) is 0 Å². The molecule has 5 heteroatoms. The Morgan fingerprint density at radius 1 is 1.64 bits per heavy atom. The van der Waals surface area contributed by atoms with Crippen molar-refractivity contribution < 1.29 is 8.78 Å². The van der Waals surface area contributed by atoms with Crippen molar-refractivity contribution in [3.63, 3.8) is 0 Å². The Kier molecular flexibility index (Phi) is 3.37. The lowest BCUT2D eigenvalue weighted by molar-refractivity contribution is 0.145. The fourth-order valence-electron chi connectivity index (χ4n) is 1.13. The van der Waals surface area contributed by atoms with Crippen LogP contribution in [0.3, 0.4) is 0 Å². The van der Waals surface area contributed by atoms with E-state index in [-0.39, 0.29) is 17.7 Å². The first-order chi connectivity index (χ1) is 6.57. The van der Waals surface area contributed by atoms with Gasteiger partial charge in [-0.1, -0.05) is 11.6 Å². The van der Waals surface area contributed by atoms with Crippen molar-refractivity contribution in [3.8, 4) is 6.07 Å². The lowest BCUT2D eigenvalue weighted by atomic mass is 10.1. The number of aromatic nitrogens is 1. The van der Waals surface area contributed by atoms with Gasteiger partial charge in [0.05, 0.1) is 17.5 Å². The normalized spacial score (nSPS) is 10.3. The van der Waals surface area contributed by atoms with E-state index < -0.39 is 6.43 Å². The van der Waals surface area contributed by atoms with Crippen LogP contribution in [0.1, 0.15) is 23.2 Å². The van der Waals surface area contributed by atoms with Crippen LogP contribution < -0.4 is 0 Å². The maximum atomic E-state index is 12.4. The summed E-state index contributed by atoms with van der Waals surface area (Å²) in [6.45, 7) is 1.60. The first-order valence-electron chi connectivity index (χ1n) is 3.87. The molecule has 74 valence electrons. The number of halogens is 3. The summed E-state index contributed by atoms with van der Waals surface area (Å²) in [5.41, 5.74) is 0.377. The average molecular weight is 217 g/mol. The highest BCUT2D eigenvalue weighted by Crippen LogP contribution is 2.27. The van der Waals surface area contributed by atoms with Crippen molar-refractivity contribution in [3.05, 3.63) is 28.0 Å². The van der Waals surface area contributed by atoms with E-state index >= 15 is 0 Å². The Morgan fingerprint density at radius 3 is 2.79 bits per heavy atom. The molecule has 0 aliphatic rings. The van der Waals surface area contributed by atoms with Crippen LogP contribution in [0.4, 0.5) is 8.78 Å². The summed E-state index contributed by atoms with van der Waals surface area (Å²) in [7, 11) is 0. The average Bonchev–Trinajstić information content (AvgIpc) is 2.13. The minimum absolute atomic E-state index is 0.0981. The predicted octanol–water partition coefficient (Wildman–Crippen LogP) is 3.05. The van der Waals surface area contributed by atoms with Crippen molar-refractivity contribution in [1.29, 1.82) is 5.26 Å². The molecule has 0 unspecified atom stereocenters. The molecule has 0 amide bonds. The summed E-state index contributed by atoms with van der Waals surface area (Å²) >= 11 is 5.71. The molecule has 1 rings (SSSR count). The Balaban J connectivity index is 3.31. The summed E-state index contributed by atoms with van der Waals surface area (Å²) in [4.78, 5) is 3.52. The highest BCUT2D eigenvalue weighted by molar-refractivity contribution is 6.31. The minimum Gasteiger partial charge on any atom is -0.253 e. The lowest BCUT2D eigenvalue weighted by Crippen LogP contribution is -2.01. The van der Waals surface area contributed by atoms with Gasteiger partial charge in [-0.05, 0) is 18.1 Å². The van der Waals surface area contributed by atoms with E-state index in [9.17, 15) is 8.78 Å². The first-order valence-corrected chi connectivity index (χ1v) is 4.24. The molecule has 2 nitrogen and oxygen atoms in total. The second-order valence-electron chi connectivity index (χ2n) is 2.73. The van der Waals surface area contributed by atoms with Crippen molar-refractivity contribution >= 4 is 11.6 Å². The van der Waals surface area contributed by atoms with Gasteiger partial charge in [0.2, 0.25) is 0 Å². The first kappa shape index (κ1) is 10.9. The SMILES string of the molecule is Cc1c(Cl)cnc(C(F)F)c1CC#N. The van der Waals surface area contributed by atoms with E-state index in [4.69, 9.17) is 16.9 Å². The fraction of sp³-hybridized carbons (Fsp3) is 0.333. The second-order valence-corrected chi connectivity index (χ2v) is 3.14. The molecule has 0 radical (unpaired) electrons. The molecule has 1 aromatic rings. The van der Waals surface area contributed by atoms with E-state index in [1.54, 1.807) is 6.92 Å². The molecule has 0 aliphatic carbocycles. The van der Waals surface area contributed by atoms with Crippen LogP contribution in [-0.2, 0) is 6.42 Å². The van der Waals surface area contributed by atoms with Gasteiger partial charge in [0.25, 0.3) is 6.43 Å². The summed E-state index contributed by atoms with van der Waals surface area (Å²) in [6, 6.07) is 1.82. The summed E-state index contributed by atoms with van der Waals surface area (Å²) in [6.07, 6.45) is -1.59. The van der Waals surface area contributed by atoms with Gasteiger partial charge < -0.3 is 0 Å². The molecule has 14 heavy (non-hydrogen) atoms. The van der Waals surface area contributed by atoms with E-state index in [1.165, 1.54) is 6.20 Å². The number of rotatable bonds is 2. The summed E-state index contributed by atoms with van der Waals surface area (Å²) in [5.74, 6) is 0. The Morgan fingerprint density at radius 2 is 2.29 bits per heavy atom. The van der Waals surface area contributed by atoms with Crippen LogP contribution in [-0.4, -0.2) is 4.98 Å². The molecule has 0 fully saturated rings. The van der Waals surface area contributed by atoms with E-state index in [0.29, 0.717) is 10.6 Å². The van der Waals surface area contributed by atoms with Crippen molar-refractivity contribution in [2.75, 3.05) is 0 Å². The molecule has 0 saturated carbocycles. The number of nitrogens with zero attached hydrogens (tertiary/aromatic N) is 2. The Labute approximate surface area is 85.1 Å². The lowest BCUT2D eigenvalue weighted by Gasteiger charge is -2.09. The minimum atomic E-state index is -2.67. The highest BCUT2D eigenvalue weighted by atomic mass is 35.5. The third kappa shape index (κ3) is 1.99. The third-order valence-corrected chi connectivity index (χ3v) is 2.28. The van der Waals surface area contributed by atoms with Crippen molar-refractivity contribution in [2.24, 2.45) is 0 Å². The van der Waals surface area contributed by atoms with Crippen LogP contribution in [0, 0.1) is 18.3 Å². The number of pyridine rings is 1. The third-order valence-electron chi connectivity index (χ3n) is 1.90. The number of hydrogen-bond donors (Lipinski definition) is 0. The molecular formula is C9H7ClF2N2. The fourth-order valence-corrected chi connectivity index (χ4v) is 1.29. The predicted molar refractivity (Wildman–Crippen MR) is 48.3 cm³/mol. The van der Waals surface area contributed by atoms with Gasteiger partial charge in [-0.2, -0.15) is 5.26 Å². The van der Waals surface area contributed by atoms with Gasteiger partial charge >= 0.3 is 0 Å². The van der Waals surface area contributed by atoms with E-state index in [0.717, 1.165) is 0 Å². The maximum absolute atomic E-state index is 12.4. The topological polar surface area (TPSA) is 36.7 Å². The Bertz CT molecular complexity index is 385. The monoisotopic (exact) mass is 216 g/mol. The number of hydrogen-bond acceptors (Lipinski definition) is 2. The van der Waals surface area contributed by atoms with Crippen LogP contribution in [0.15, 0.2) is 6.20 Å². The van der Waals surface area contributed by atoms with Crippen LogP contribution >= 0.6 is 11.6 Å². The van der Waals surface area contributed by atoms with Gasteiger partial charge in [-0.25, -0.2) is 8.78 Å². The second kappa shape index (κ2) is 4.34. The molecule has 0 bridgehead atoms. The standard InChI is InChI=1S/C9H7ClF2N2/c1-5-6(2-3-13)8(9(11)12)14-4-7(5)10/h4,9H,2H2,1H3. The zero-order chi connectivity index (χ0) is 10.7. The highest BCUT2D eigenvalue weighted by Gasteiger charge is 2.17. The summed E-state index contributed by atoms with van der Waals surface area (Å²) < 4.78 is 24.9. The zero-order valence-corrected chi connectivity index (χ0v) is 8.15. The van der Waals surface area contributed by atoms with Gasteiger partial charge in [-0.3, -0.25) is 4.98 Å². The molecule has 0 saturated heterocycles. The quantitative estimate of drug-likeness (QED) is 0.762. The largest absolute Gasteiger partial charge is 0.280 e. The van der Waals surface area contributed by atoms with Crippen molar-refractivity contribution in [1.82, 2.24) is 4.98 Å². The molecule has 0 N–H and O–H groups in total. The molecule has 0 spiro atoms. The molecule has 0 aromatic carbocycles. The zero-order valence-electron chi connectivity index (χ0n) is 7.39. The molecule has 0 atom stereocenters. The van der Waals surface area contributed by atoms with Crippen LogP contribution in [0.5, 0.6) is 0 Å². The van der Waals surface area contributed by atoms with Gasteiger partial charge in [0.1, 0.15) is 5.69 Å². The van der Waals surface area contributed by atoms with Crippen LogP contribution in [0.2, 0.25) is 5.02 Å². The Hall–Kier alpha value is -1.21. The van der Waals surface area contributed by atoms with Gasteiger partial charge in [0, 0.05) is 6.20 Å². The smallest absolute Gasteiger partial charge is 0.253 e. The van der Waals surface area contributed by atoms with Gasteiger partial charge in [0.15, 0.2) is 0 Å². The molecule has 1 aromatic heterocycles. The molecular weight excluding hydrogens is 210 g/mol. The van der Waals surface area contributed by atoms with Crippen molar-refractivity contribution in [2.45, 2.75) is 19.8 Å². The summed E-state index contributed by atoms with van der Waals surface area (Å²) in [5, 5.41) is 8.78. The van der Waals surface area contributed by atoms with E-state index in [2.05, 4.69) is 4.98 Å². The maximum Gasteiger partial charge on any atom is 0.280 e. The number of alkyl halides is 2. The van der Waals surface area contributed by atoms with E-state index in [1.807, 2.05) is 6.07 Å². The molecule has 1 heterocycles. The molecule has 0 aliphatic heterocycles. The van der Waals surface area contributed by atoms with Gasteiger partial charge in [-0.15, -0.1) is 0 Å². The number of nitriles is 1.